The monoisotopic (exact) mass is 403 g/mol. The summed E-state index contributed by atoms with van der Waals surface area (Å²) in [5.41, 5.74) is 1.32. The summed E-state index contributed by atoms with van der Waals surface area (Å²) >= 11 is 11.8. The minimum atomic E-state index is -3.57. The Kier molecular flexibility index (Phi) is 6.57. The molecule has 0 saturated carbocycles. The van der Waals surface area contributed by atoms with Crippen LogP contribution in [0.2, 0.25) is 10.0 Å². The third-order valence-corrected chi connectivity index (χ3v) is 5.77. The average molecular weight is 404 g/mol. The van der Waals surface area contributed by atoms with Gasteiger partial charge in [0, 0.05) is 6.04 Å². The molecule has 0 bridgehead atoms. The third kappa shape index (κ3) is 5.25. The Hall–Kier alpha value is -1.47. The predicted molar refractivity (Wildman–Crippen MR) is 100 cm³/mol. The first-order valence-corrected chi connectivity index (χ1v) is 9.82. The van der Waals surface area contributed by atoms with E-state index >= 15 is 0 Å². The second kappa shape index (κ2) is 8.27. The van der Waals surface area contributed by atoms with Gasteiger partial charge in [0.1, 0.15) is 0 Å². The zero-order chi connectivity index (χ0) is 18.6. The summed E-state index contributed by atoms with van der Waals surface area (Å²) < 4.78 is 37.9. The van der Waals surface area contributed by atoms with Crippen LogP contribution < -0.4 is 14.2 Å². The van der Waals surface area contributed by atoms with E-state index in [1.54, 1.807) is 50.4 Å². The van der Waals surface area contributed by atoms with Gasteiger partial charge in [0.05, 0.1) is 30.0 Å². The van der Waals surface area contributed by atoms with E-state index in [1.807, 2.05) is 0 Å². The molecule has 8 heteroatoms. The lowest BCUT2D eigenvalue weighted by Crippen LogP contribution is -2.28. The fraction of sp³-hybridized carbons (Fsp3) is 0.294. The van der Waals surface area contributed by atoms with Crippen molar-refractivity contribution in [2.24, 2.45) is 0 Å². The largest absolute Gasteiger partial charge is 0.493 e. The summed E-state index contributed by atoms with van der Waals surface area (Å²) in [6.45, 7) is 1.76. The van der Waals surface area contributed by atoms with Crippen LogP contribution in [0.25, 0.3) is 0 Å². The third-order valence-electron chi connectivity index (χ3n) is 3.60. The maximum absolute atomic E-state index is 12.4. The molecule has 136 valence electrons. The van der Waals surface area contributed by atoms with E-state index < -0.39 is 16.1 Å². The highest BCUT2D eigenvalue weighted by Crippen LogP contribution is 2.30. The van der Waals surface area contributed by atoms with Gasteiger partial charge in [-0.05, 0) is 42.3 Å². The van der Waals surface area contributed by atoms with Crippen molar-refractivity contribution in [1.82, 2.24) is 4.72 Å². The molecule has 0 aliphatic heterocycles. The molecule has 2 aromatic carbocycles. The lowest BCUT2D eigenvalue weighted by Gasteiger charge is -2.17. The number of nitrogens with one attached hydrogen (secondary N) is 1. The normalized spacial score (nSPS) is 12.7. The average Bonchev–Trinajstić information content (AvgIpc) is 2.56. The maximum Gasteiger partial charge on any atom is 0.216 e. The van der Waals surface area contributed by atoms with Crippen LogP contribution in [0.15, 0.2) is 36.4 Å². The summed E-state index contributed by atoms with van der Waals surface area (Å²) in [5.74, 6) is 0.925. The van der Waals surface area contributed by atoms with Crippen molar-refractivity contribution in [3.8, 4) is 11.5 Å². The first-order chi connectivity index (χ1) is 11.8. The lowest BCUT2D eigenvalue weighted by atomic mass is 10.1. The number of halogens is 2. The summed E-state index contributed by atoms with van der Waals surface area (Å²) in [6, 6.07) is 9.58. The number of rotatable bonds is 7. The van der Waals surface area contributed by atoms with Gasteiger partial charge >= 0.3 is 0 Å². The van der Waals surface area contributed by atoms with Crippen molar-refractivity contribution in [2.75, 3.05) is 14.2 Å². The van der Waals surface area contributed by atoms with E-state index in [0.717, 1.165) is 5.56 Å². The minimum absolute atomic E-state index is 0.193. The van der Waals surface area contributed by atoms with Gasteiger partial charge in [0.15, 0.2) is 11.5 Å². The van der Waals surface area contributed by atoms with Crippen LogP contribution in [0, 0.1) is 0 Å². The molecule has 0 aromatic heterocycles. The Labute approximate surface area is 157 Å². The topological polar surface area (TPSA) is 64.6 Å². The number of ether oxygens (including phenoxy) is 2. The Morgan fingerprint density at radius 2 is 1.68 bits per heavy atom. The molecule has 25 heavy (non-hydrogen) atoms. The van der Waals surface area contributed by atoms with Gasteiger partial charge in [-0.15, -0.1) is 0 Å². The molecule has 2 aromatic rings. The molecule has 1 atom stereocenters. The quantitative estimate of drug-likeness (QED) is 0.752. The molecule has 1 N–H and O–H groups in total. The van der Waals surface area contributed by atoms with Gasteiger partial charge < -0.3 is 9.47 Å². The summed E-state index contributed by atoms with van der Waals surface area (Å²) in [6.07, 6.45) is 0. The van der Waals surface area contributed by atoms with Crippen molar-refractivity contribution in [2.45, 2.75) is 18.7 Å². The molecule has 0 amide bonds. The number of hydrogen-bond acceptors (Lipinski definition) is 4. The standard InChI is InChI=1S/C17H19Cl2NO4S/c1-11(13-5-7-16(23-2)17(9-13)24-3)20-25(21,22)10-12-4-6-14(18)15(19)8-12/h4-9,11,20H,10H2,1-3H3/t11-/m0/s1. The van der Waals surface area contributed by atoms with Crippen molar-refractivity contribution >= 4 is 33.2 Å². The van der Waals surface area contributed by atoms with Crippen LogP contribution in [-0.2, 0) is 15.8 Å². The first kappa shape index (κ1) is 19.8. The molecule has 0 unspecified atom stereocenters. The summed E-state index contributed by atoms with van der Waals surface area (Å²) in [4.78, 5) is 0. The van der Waals surface area contributed by atoms with Crippen LogP contribution in [-0.4, -0.2) is 22.6 Å². The predicted octanol–water partition coefficient (Wildman–Crippen LogP) is 4.19. The van der Waals surface area contributed by atoms with Gasteiger partial charge in [-0.2, -0.15) is 0 Å². The van der Waals surface area contributed by atoms with Gasteiger partial charge in [-0.25, -0.2) is 13.1 Å². The van der Waals surface area contributed by atoms with E-state index in [1.165, 1.54) is 7.11 Å². The lowest BCUT2D eigenvalue weighted by molar-refractivity contribution is 0.354. The molecule has 0 aliphatic carbocycles. The van der Waals surface area contributed by atoms with E-state index in [-0.39, 0.29) is 5.75 Å². The van der Waals surface area contributed by atoms with Crippen LogP contribution in [0.4, 0.5) is 0 Å². The fourth-order valence-corrected chi connectivity index (χ4v) is 4.05. The van der Waals surface area contributed by atoms with E-state index in [0.29, 0.717) is 27.1 Å². The number of benzene rings is 2. The zero-order valence-electron chi connectivity index (χ0n) is 14.0. The zero-order valence-corrected chi connectivity index (χ0v) is 16.4. The fourth-order valence-electron chi connectivity index (χ4n) is 2.35. The second-order valence-corrected chi connectivity index (χ2v) is 8.03. The molecule has 0 fully saturated rings. The molecule has 0 aliphatic rings. The molecule has 0 heterocycles. The van der Waals surface area contributed by atoms with Gasteiger partial charge in [-0.3, -0.25) is 0 Å². The number of sulfonamides is 1. The maximum atomic E-state index is 12.4. The highest BCUT2D eigenvalue weighted by Gasteiger charge is 2.18. The molecule has 5 nitrogen and oxygen atoms in total. The van der Waals surface area contributed by atoms with Crippen molar-refractivity contribution < 1.29 is 17.9 Å². The smallest absolute Gasteiger partial charge is 0.216 e. The minimum Gasteiger partial charge on any atom is -0.493 e. The van der Waals surface area contributed by atoms with E-state index in [4.69, 9.17) is 32.7 Å². The highest BCUT2D eigenvalue weighted by atomic mass is 35.5. The Bertz CT molecular complexity index is 856. The molecule has 2 rings (SSSR count). The Balaban J connectivity index is 2.15. The number of methoxy groups -OCH3 is 2. The van der Waals surface area contributed by atoms with E-state index in [2.05, 4.69) is 4.72 Å². The van der Waals surface area contributed by atoms with Crippen LogP contribution in [0.1, 0.15) is 24.1 Å². The van der Waals surface area contributed by atoms with Crippen molar-refractivity contribution in [3.63, 3.8) is 0 Å². The highest BCUT2D eigenvalue weighted by molar-refractivity contribution is 7.88. The number of hydrogen-bond donors (Lipinski definition) is 1. The Morgan fingerprint density at radius 3 is 2.28 bits per heavy atom. The van der Waals surface area contributed by atoms with Gasteiger partial charge in [0.2, 0.25) is 10.0 Å². The Morgan fingerprint density at radius 1 is 1.00 bits per heavy atom. The molecule has 0 radical (unpaired) electrons. The van der Waals surface area contributed by atoms with Crippen LogP contribution in [0.3, 0.4) is 0 Å². The van der Waals surface area contributed by atoms with Crippen molar-refractivity contribution in [1.29, 1.82) is 0 Å². The summed E-state index contributed by atoms with van der Waals surface area (Å²) in [5, 5.41) is 0.705. The molecular weight excluding hydrogens is 385 g/mol. The molecular formula is C17H19Cl2NO4S. The SMILES string of the molecule is COc1ccc([C@H](C)NS(=O)(=O)Cc2ccc(Cl)c(Cl)c2)cc1OC. The first-order valence-electron chi connectivity index (χ1n) is 7.41. The van der Waals surface area contributed by atoms with Gasteiger partial charge in [-0.1, -0.05) is 35.3 Å². The van der Waals surface area contributed by atoms with Gasteiger partial charge in [0.25, 0.3) is 0 Å². The second-order valence-electron chi connectivity index (χ2n) is 5.46. The van der Waals surface area contributed by atoms with Crippen molar-refractivity contribution in [3.05, 3.63) is 57.6 Å². The molecule has 0 saturated heterocycles. The van der Waals surface area contributed by atoms with E-state index in [9.17, 15) is 8.42 Å². The van der Waals surface area contributed by atoms with Crippen LogP contribution in [0.5, 0.6) is 11.5 Å². The molecule has 0 spiro atoms. The van der Waals surface area contributed by atoms with Crippen LogP contribution >= 0.6 is 23.2 Å². The summed E-state index contributed by atoms with van der Waals surface area (Å²) in [7, 11) is -0.500.